The predicted octanol–water partition coefficient (Wildman–Crippen LogP) is 2.97. The summed E-state index contributed by atoms with van der Waals surface area (Å²) < 4.78 is 5.34. The predicted molar refractivity (Wildman–Crippen MR) is 79.1 cm³/mol. The van der Waals surface area contributed by atoms with E-state index in [1.165, 1.54) is 0 Å². The van der Waals surface area contributed by atoms with E-state index in [2.05, 4.69) is 19.2 Å². The van der Waals surface area contributed by atoms with Crippen LogP contribution in [0.15, 0.2) is 18.2 Å². The molecule has 106 valence electrons. The van der Waals surface area contributed by atoms with Gasteiger partial charge in [0.1, 0.15) is 6.61 Å². The molecule has 1 amide bonds. The number of hydrogen-bond donors (Lipinski definition) is 2. The van der Waals surface area contributed by atoms with Gasteiger partial charge in [0.15, 0.2) is 0 Å². The Bertz CT molecular complexity index is 417. The summed E-state index contributed by atoms with van der Waals surface area (Å²) in [6.45, 7) is 7.00. The Labute approximate surface area is 115 Å². The van der Waals surface area contributed by atoms with Crippen LogP contribution in [0.25, 0.3) is 0 Å². The molecule has 19 heavy (non-hydrogen) atoms. The lowest BCUT2D eigenvalue weighted by Gasteiger charge is -2.10. The van der Waals surface area contributed by atoms with Crippen LogP contribution in [0.2, 0.25) is 0 Å². The summed E-state index contributed by atoms with van der Waals surface area (Å²) in [5.41, 5.74) is 8.06. The van der Waals surface area contributed by atoms with Crippen LogP contribution in [0.3, 0.4) is 0 Å². The van der Waals surface area contributed by atoms with Gasteiger partial charge in [0.2, 0.25) is 5.91 Å². The maximum Gasteiger partial charge on any atom is 0.250 e. The molecule has 4 nitrogen and oxygen atoms in total. The van der Waals surface area contributed by atoms with Crippen molar-refractivity contribution in [3.8, 4) is 0 Å². The molecule has 1 aromatic rings. The van der Waals surface area contributed by atoms with E-state index < -0.39 is 0 Å². The smallest absolute Gasteiger partial charge is 0.250 e. The molecule has 0 aliphatic rings. The Hall–Kier alpha value is -1.55. The number of rotatable bonds is 7. The normalized spacial score (nSPS) is 10.7. The van der Waals surface area contributed by atoms with Crippen molar-refractivity contribution < 1.29 is 9.53 Å². The van der Waals surface area contributed by atoms with Gasteiger partial charge in [-0.2, -0.15) is 0 Å². The van der Waals surface area contributed by atoms with Crippen LogP contribution in [0.1, 0.15) is 32.3 Å². The Morgan fingerprint density at radius 3 is 2.84 bits per heavy atom. The van der Waals surface area contributed by atoms with Crippen LogP contribution in [-0.4, -0.2) is 19.1 Å². The van der Waals surface area contributed by atoms with E-state index in [0.717, 1.165) is 24.1 Å². The lowest BCUT2D eigenvalue weighted by molar-refractivity contribution is -0.120. The molecule has 1 rings (SSSR count). The molecule has 0 aromatic heterocycles. The van der Waals surface area contributed by atoms with E-state index in [1.54, 1.807) is 6.07 Å². The average molecular weight is 264 g/mol. The van der Waals surface area contributed by atoms with Crippen molar-refractivity contribution in [1.29, 1.82) is 0 Å². The van der Waals surface area contributed by atoms with E-state index in [9.17, 15) is 4.79 Å². The van der Waals surface area contributed by atoms with Gasteiger partial charge in [0.25, 0.3) is 0 Å². The number of nitrogen functional groups attached to an aromatic ring is 1. The Morgan fingerprint density at radius 1 is 1.42 bits per heavy atom. The number of hydrogen-bond acceptors (Lipinski definition) is 3. The number of amides is 1. The average Bonchev–Trinajstić information content (AvgIpc) is 2.33. The van der Waals surface area contributed by atoms with Gasteiger partial charge in [0.05, 0.1) is 0 Å². The Balaban J connectivity index is 2.29. The van der Waals surface area contributed by atoms with Gasteiger partial charge in [-0.25, -0.2) is 0 Å². The van der Waals surface area contributed by atoms with Crippen LogP contribution < -0.4 is 11.1 Å². The molecule has 3 N–H and O–H groups in total. The first kappa shape index (κ1) is 15.5. The first-order valence-electron chi connectivity index (χ1n) is 6.72. The minimum Gasteiger partial charge on any atom is -0.399 e. The second kappa shape index (κ2) is 7.79. The van der Waals surface area contributed by atoms with Gasteiger partial charge in [0, 0.05) is 18.0 Å². The molecule has 1 aromatic carbocycles. The molecule has 0 radical (unpaired) electrons. The molecule has 0 saturated heterocycles. The summed E-state index contributed by atoms with van der Waals surface area (Å²) in [4.78, 5) is 11.7. The molecule has 0 spiro atoms. The first-order valence-corrected chi connectivity index (χ1v) is 6.72. The number of nitrogens with one attached hydrogen (secondary N) is 1. The van der Waals surface area contributed by atoms with Gasteiger partial charge >= 0.3 is 0 Å². The van der Waals surface area contributed by atoms with Crippen molar-refractivity contribution in [2.45, 2.75) is 33.6 Å². The lowest BCUT2D eigenvalue weighted by Crippen LogP contribution is -2.19. The standard InChI is InChI=1S/C15H24N2O2/c1-11(2)5-4-8-19-10-15(18)17-14-9-13(16)7-6-12(14)3/h6-7,9,11H,4-5,8,10,16H2,1-3H3,(H,17,18). The zero-order chi connectivity index (χ0) is 14.3. The number of aryl methyl sites for hydroxylation is 1. The third kappa shape index (κ3) is 6.25. The number of ether oxygens (including phenoxy) is 1. The van der Waals surface area contributed by atoms with E-state index in [0.29, 0.717) is 18.2 Å². The van der Waals surface area contributed by atoms with Crippen LogP contribution in [0, 0.1) is 12.8 Å². The topological polar surface area (TPSA) is 64.3 Å². The second-order valence-electron chi connectivity index (χ2n) is 5.21. The molecular formula is C15H24N2O2. The SMILES string of the molecule is Cc1ccc(N)cc1NC(=O)COCCCC(C)C. The van der Waals surface area contributed by atoms with Crippen LogP contribution in [0.4, 0.5) is 11.4 Å². The van der Waals surface area contributed by atoms with Crippen LogP contribution >= 0.6 is 0 Å². The van der Waals surface area contributed by atoms with Gasteiger partial charge < -0.3 is 15.8 Å². The van der Waals surface area contributed by atoms with Gasteiger partial charge in [-0.15, -0.1) is 0 Å². The third-order valence-electron chi connectivity index (χ3n) is 2.84. The van der Waals surface area contributed by atoms with E-state index in [-0.39, 0.29) is 12.5 Å². The molecule has 0 bridgehead atoms. The number of carbonyl (C=O) groups excluding carboxylic acids is 1. The number of anilines is 2. The monoisotopic (exact) mass is 264 g/mol. The molecule has 0 saturated carbocycles. The Morgan fingerprint density at radius 2 is 2.16 bits per heavy atom. The maximum absolute atomic E-state index is 11.7. The van der Waals surface area contributed by atoms with Crippen molar-refractivity contribution in [2.24, 2.45) is 5.92 Å². The number of carbonyl (C=O) groups is 1. The zero-order valence-corrected chi connectivity index (χ0v) is 12.0. The fourth-order valence-electron chi connectivity index (χ4n) is 1.72. The second-order valence-corrected chi connectivity index (χ2v) is 5.21. The molecule has 0 fully saturated rings. The highest BCUT2D eigenvalue weighted by atomic mass is 16.5. The highest BCUT2D eigenvalue weighted by Crippen LogP contribution is 2.17. The zero-order valence-electron chi connectivity index (χ0n) is 12.0. The highest BCUT2D eigenvalue weighted by molar-refractivity contribution is 5.92. The van der Waals surface area contributed by atoms with Crippen molar-refractivity contribution in [3.63, 3.8) is 0 Å². The van der Waals surface area contributed by atoms with E-state index >= 15 is 0 Å². The summed E-state index contributed by atoms with van der Waals surface area (Å²) in [5.74, 6) is 0.533. The fraction of sp³-hybridized carbons (Fsp3) is 0.533. The van der Waals surface area contributed by atoms with Gasteiger partial charge in [-0.1, -0.05) is 19.9 Å². The van der Waals surface area contributed by atoms with Crippen molar-refractivity contribution in [2.75, 3.05) is 24.3 Å². The summed E-state index contributed by atoms with van der Waals surface area (Å²) in [5, 5.41) is 2.81. The summed E-state index contributed by atoms with van der Waals surface area (Å²) in [6, 6.07) is 5.45. The summed E-state index contributed by atoms with van der Waals surface area (Å²) in [7, 11) is 0. The van der Waals surface area contributed by atoms with Gasteiger partial charge in [-0.05, 0) is 43.4 Å². The van der Waals surface area contributed by atoms with Crippen molar-refractivity contribution >= 4 is 17.3 Å². The first-order chi connectivity index (χ1) is 8.99. The molecule has 0 atom stereocenters. The van der Waals surface area contributed by atoms with Crippen molar-refractivity contribution in [3.05, 3.63) is 23.8 Å². The lowest BCUT2D eigenvalue weighted by atomic mass is 10.1. The molecule has 0 heterocycles. The highest BCUT2D eigenvalue weighted by Gasteiger charge is 2.05. The number of benzene rings is 1. The molecule has 0 aliphatic heterocycles. The molecule has 0 aliphatic carbocycles. The van der Waals surface area contributed by atoms with Crippen LogP contribution in [0.5, 0.6) is 0 Å². The molecule has 4 heteroatoms. The van der Waals surface area contributed by atoms with E-state index in [4.69, 9.17) is 10.5 Å². The van der Waals surface area contributed by atoms with E-state index in [1.807, 2.05) is 19.1 Å². The van der Waals surface area contributed by atoms with Gasteiger partial charge in [-0.3, -0.25) is 4.79 Å². The molecular weight excluding hydrogens is 240 g/mol. The minimum atomic E-state index is -0.141. The molecule has 0 unspecified atom stereocenters. The van der Waals surface area contributed by atoms with Crippen LogP contribution in [-0.2, 0) is 9.53 Å². The fourth-order valence-corrected chi connectivity index (χ4v) is 1.72. The number of nitrogens with two attached hydrogens (primary N) is 1. The third-order valence-corrected chi connectivity index (χ3v) is 2.84. The summed E-state index contributed by atoms with van der Waals surface area (Å²) >= 11 is 0. The summed E-state index contributed by atoms with van der Waals surface area (Å²) in [6.07, 6.45) is 2.11. The maximum atomic E-state index is 11.7. The largest absolute Gasteiger partial charge is 0.399 e. The van der Waals surface area contributed by atoms with Crippen molar-refractivity contribution in [1.82, 2.24) is 0 Å². The minimum absolute atomic E-state index is 0.0896. The quantitative estimate of drug-likeness (QED) is 0.588. The Kier molecular flexibility index (Phi) is 6.36.